The number of benzene rings is 3. The summed E-state index contributed by atoms with van der Waals surface area (Å²) in [5.41, 5.74) is 8.52. The number of hydrogen-bond donors (Lipinski definition) is 3. The highest BCUT2D eigenvalue weighted by molar-refractivity contribution is 6.31. The number of nitrogens with zero attached hydrogens (tertiary/aromatic N) is 3. The summed E-state index contributed by atoms with van der Waals surface area (Å²) in [5.74, 6) is -1.38. The smallest absolute Gasteiger partial charge is 0.335 e. The Hall–Kier alpha value is -3.50. The molecule has 3 aliphatic heterocycles. The van der Waals surface area contributed by atoms with Crippen LogP contribution in [0, 0.1) is 17.7 Å². The van der Waals surface area contributed by atoms with Crippen molar-refractivity contribution in [1.82, 2.24) is 14.5 Å². The van der Waals surface area contributed by atoms with Gasteiger partial charge < -0.3 is 20.7 Å². The molecule has 3 aliphatic carbocycles. The fourth-order valence-electron chi connectivity index (χ4n) is 9.79. The van der Waals surface area contributed by atoms with E-state index in [4.69, 9.17) is 33.9 Å². The number of halogens is 3. The summed E-state index contributed by atoms with van der Waals surface area (Å²) in [7, 11) is 0. The molecule has 3 aromatic carbocycles. The van der Waals surface area contributed by atoms with Crippen molar-refractivity contribution in [3.05, 3.63) is 93.0 Å². The normalized spacial score (nSPS) is 32.8. The van der Waals surface area contributed by atoms with E-state index in [1.54, 1.807) is 42.5 Å². The predicted molar refractivity (Wildman–Crippen MR) is 168 cm³/mol. The van der Waals surface area contributed by atoms with E-state index in [1.807, 2.05) is 6.07 Å². The van der Waals surface area contributed by atoms with Crippen LogP contribution in [0.5, 0.6) is 0 Å². The van der Waals surface area contributed by atoms with E-state index in [9.17, 15) is 14.7 Å². The second-order valence-corrected chi connectivity index (χ2v) is 14.5. The molecule has 1 spiro atoms. The predicted octanol–water partition coefficient (Wildman–Crippen LogP) is 6.11. The molecule has 1 saturated heterocycles. The second kappa shape index (κ2) is 9.28. The molecule has 4 aromatic rings. The van der Waals surface area contributed by atoms with Crippen molar-refractivity contribution in [2.75, 3.05) is 11.9 Å². The Bertz CT molecular complexity index is 1970. The van der Waals surface area contributed by atoms with E-state index in [2.05, 4.69) is 14.8 Å². The maximum atomic E-state index is 16.4. The number of aryl methyl sites for hydroxylation is 1. The van der Waals surface area contributed by atoms with Gasteiger partial charge in [-0.1, -0.05) is 41.4 Å². The lowest BCUT2D eigenvalue weighted by Crippen LogP contribution is -2.53. The van der Waals surface area contributed by atoms with Gasteiger partial charge in [0, 0.05) is 52.8 Å². The lowest BCUT2D eigenvalue weighted by Gasteiger charge is -2.42. The van der Waals surface area contributed by atoms with Gasteiger partial charge in [0.2, 0.25) is 5.91 Å². The van der Waals surface area contributed by atoms with Crippen LogP contribution in [0.25, 0.3) is 11.0 Å². The zero-order chi connectivity index (χ0) is 31.0. The summed E-state index contributed by atoms with van der Waals surface area (Å²) < 4.78 is 18.5. The number of amides is 1. The third kappa shape index (κ3) is 3.64. The largest absolute Gasteiger partial charge is 0.478 e. The van der Waals surface area contributed by atoms with Crippen LogP contribution in [0.4, 0.5) is 10.1 Å². The Labute approximate surface area is 268 Å². The van der Waals surface area contributed by atoms with Crippen LogP contribution in [0.15, 0.2) is 54.6 Å². The number of fused-ring (bicyclic) bond motifs is 8. The Balaban J connectivity index is 1.32. The molecule has 4 fully saturated rings. The Kier molecular flexibility index (Phi) is 5.73. The molecular weight excluding hydrogens is 616 g/mol. The maximum absolute atomic E-state index is 16.4. The van der Waals surface area contributed by atoms with Crippen LogP contribution >= 0.6 is 23.2 Å². The lowest BCUT2D eigenvalue weighted by atomic mass is 9.70. The van der Waals surface area contributed by atoms with Crippen LogP contribution in [0.2, 0.25) is 10.0 Å². The number of rotatable bonds is 4. The Morgan fingerprint density at radius 2 is 1.96 bits per heavy atom. The van der Waals surface area contributed by atoms with Gasteiger partial charge in [-0.05, 0) is 79.5 Å². The molecule has 1 aromatic heterocycles. The highest BCUT2D eigenvalue weighted by Gasteiger charge is 2.69. The van der Waals surface area contributed by atoms with Gasteiger partial charge in [0.15, 0.2) is 0 Å². The molecule has 0 radical (unpaired) electrons. The van der Waals surface area contributed by atoms with Crippen LogP contribution in [0.3, 0.4) is 0 Å². The van der Waals surface area contributed by atoms with Crippen molar-refractivity contribution in [1.29, 1.82) is 0 Å². The van der Waals surface area contributed by atoms with E-state index >= 15 is 4.39 Å². The lowest BCUT2D eigenvalue weighted by molar-refractivity contribution is -0.128. The topological polar surface area (TPSA) is 113 Å². The quantitative estimate of drug-likeness (QED) is 0.247. The zero-order valence-corrected chi connectivity index (χ0v) is 25.7. The minimum absolute atomic E-state index is 0.00974. The number of carbonyl (C=O) groups is 2. The van der Waals surface area contributed by atoms with E-state index in [-0.39, 0.29) is 28.1 Å². The number of imidazole rings is 1. The van der Waals surface area contributed by atoms with Gasteiger partial charge in [0.1, 0.15) is 17.2 Å². The van der Waals surface area contributed by atoms with Gasteiger partial charge in [-0.2, -0.15) is 0 Å². The minimum Gasteiger partial charge on any atom is -0.478 e. The molecule has 6 aliphatic rings. The summed E-state index contributed by atoms with van der Waals surface area (Å²) in [4.78, 5) is 34.0. The number of nitrogens with two attached hydrogens (primary N) is 1. The molecule has 3 saturated carbocycles. The third-order valence-corrected chi connectivity index (χ3v) is 12.0. The minimum atomic E-state index is -1.27. The average Bonchev–Trinajstić information content (AvgIpc) is 3.75. The number of carboxylic acid groups (broad SMARTS) is 1. The summed E-state index contributed by atoms with van der Waals surface area (Å²) >= 11 is 12.9. The summed E-state index contributed by atoms with van der Waals surface area (Å²) in [5, 5.41) is 13.3. The van der Waals surface area contributed by atoms with Crippen molar-refractivity contribution in [3.8, 4) is 0 Å². The van der Waals surface area contributed by atoms with E-state index in [0.29, 0.717) is 53.1 Å². The SMILES string of the molecule is NC12CC(CN3[C@H]4CCn5c(nc6cc(C(=O)O)ccc65)[C@H]4[C@H](c4cccc(Cl)c4F)[C@]34C(=O)Nc3cc(Cl)ccc34)C(C1)C2. The summed E-state index contributed by atoms with van der Waals surface area (Å²) in [6, 6.07) is 15.2. The molecule has 10 rings (SSSR count). The van der Waals surface area contributed by atoms with Gasteiger partial charge in [-0.15, -0.1) is 0 Å². The highest BCUT2D eigenvalue weighted by atomic mass is 35.5. The molecule has 1 unspecified atom stereocenters. The molecule has 1 amide bonds. The zero-order valence-electron chi connectivity index (χ0n) is 24.1. The summed E-state index contributed by atoms with van der Waals surface area (Å²) in [6.45, 7) is 1.27. The first kappa shape index (κ1) is 27.8. The number of anilines is 1. The molecule has 45 heavy (non-hydrogen) atoms. The summed E-state index contributed by atoms with van der Waals surface area (Å²) in [6.07, 6.45) is 3.56. The highest BCUT2D eigenvalue weighted by Crippen LogP contribution is 2.65. The first-order chi connectivity index (χ1) is 21.6. The van der Waals surface area contributed by atoms with Crippen LogP contribution in [0.1, 0.15) is 64.8 Å². The number of carboxylic acids is 1. The molecule has 11 heteroatoms. The molecule has 8 nitrogen and oxygen atoms in total. The van der Waals surface area contributed by atoms with E-state index in [0.717, 1.165) is 36.2 Å². The molecule has 4 heterocycles. The van der Waals surface area contributed by atoms with Gasteiger partial charge in [0.05, 0.1) is 21.6 Å². The van der Waals surface area contributed by atoms with Gasteiger partial charge in [-0.25, -0.2) is 14.2 Å². The van der Waals surface area contributed by atoms with Crippen LogP contribution in [-0.4, -0.2) is 49.6 Å². The van der Waals surface area contributed by atoms with Crippen LogP contribution in [-0.2, 0) is 16.9 Å². The first-order valence-electron chi connectivity index (χ1n) is 15.4. The number of aromatic nitrogens is 2. The van der Waals surface area contributed by atoms with Crippen molar-refractivity contribution in [2.24, 2.45) is 17.6 Å². The molecule has 2 bridgehead atoms. The standard InChI is InChI=1S/C34H30Cl2FN5O3/c35-19-5-6-21-23(11-19)40-32(45)34(21)28(20-2-1-3-22(36)29(20)37)27-26(42(34)15-18-14-33(38)12-17(18)13-33)8-9-41-25-7-4-16(31(43)44)10-24(25)39-30(27)41/h1-7,10-11,17-18,26-28H,8-9,12-15,38H2,(H,40,45)(H,43,44)/t17?,18?,26-,27+,28-,33?,34+/m0/s1. The average molecular weight is 647 g/mol. The van der Waals surface area contributed by atoms with Crippen molar-refractivity contribution in [3.63, 3.8) is 0 Å². The Morgan fingerprint density at radius 3 is 2.71 bits per heavy atom. The number of nitrogens with one attached hydrogen (secondary N) is 1. The van der Waals surface area contributed by atoms with Crippen molar-refractivity contribution in [2.45, 2.75) is 61.2 Å². The van der Waals surface area contributed by atoms with Gasteiger partial charge >= 0.3 is 5.97 Å². The van der Waals surface area contributed by atoms with E-state index < -0.39 is 29.2 Å². The monoisotopic (exact) mass is 645 g/mol. The number of likely N-dealkylation sites (tertiary alicyclic amines) is 1. The second-order valence-electron chi connectivity index (χ2n) is 13.7. The number of aromatic carboxylic acids is 1. The number of carbonyl (C=O) groups excluding carboxylic acids is 1. The maximum Gasteiger partial charge on any atom is 0.335 e. The third-order valence-electron chi connectivity index (χ3n) is 11.5. The fourth-order valence-corrected chi connectivity index (χ4v) is 10.1. The molecule has 5 atom stereocenters. The number of hydrogen-bond acceptors (Lipinski definition) is 5. The van der Waals surface area contributed by atoms with Gasteiger partial charge in [-0.3, -0.25) is 9.69 Å². The van der Waals surface area contributed by atoms with Crippen molar-refractivity contribution >= 4 is 51.8 Å². The molecule has 4 N–H and O–H groups in total. The van der Waals surface area contributed by atoms with Gasteiger partial charge in [0.25, 0.3) is 0 Å². The van der Waals surface area contributed by atoms with Crippen LogP contribution < -0.4 is 11.1 Å². The van der Waals surface area contributed by atoms with Crippen molar-refractivity contribution < 1.29 is 19.1 Å². The van der Waals surface area contributed by atoms with E-state index in [1.165, 1.54) is 6.07 Å². The Morgan fingerprint density at radius 1 is 1.13 bits per heavy atom. The first-order valence-corrected chi connectivity index (χ1v) is 16.2. The molecule has 230 valence electrons. The fraction of sp³-hybridized carbons (Fsp3) is 0.382. The molecular formula is C34H30Cl2FN5O3.